The number of ether oxygens (including phenoxy) is 2. The van der Waals surface area contributed by atoms with Crippen LogP contribution in [0.3, 0.4) is 0 Å². The fraction of sp³-hybridized carbons (Fsp3) is 0.619. The Hall–Kier alpha value is -3.04. The maximum absolute atomic E-state index is 12.7. The lowest BCUT2D eigenvalue weighted by atomic mass is 10.0. The molecule has 1 amide bonds. The van der Waals surface area contributed by atoms with Crippen LogP contribution < -0.4 is 10.5 Å². The van der Waals surface area contributed by atoms with E-state index in [9.17, 15) is 14.4 Å². The number of carbonyl (C=O) groups excluding carboxylic acids is 2. The number of hydrogen-bond acceptors (Lipinski definition) is 7. The van der Waals surface area contributed by atoms with E-state index in [4.69, 9.17) is 9.47 Å². The van der Waals surface area contributed by atoms with Crippen molar-refractivity contribution in [3.8, 4) is 0 Å². The number of nitrogens with zero attached hydrogens (tertiary/aromatic N) is 5. The van der Waals surface area contributed by atoms with Gasteiger partial charge in [-0.25, -0.2) is 23.8 Å². The number of carbonyl (C=O) groups is 2. The molecule has 0 N–H and O–H groups in total. The van der Waals surface area contributed by atoms with Gasteiger partial charge >= 0.3 is 12.1 Å². The number of anilines is 1. The minimum atomic E-state index is -0.576. The van der Waals surface area contributed by atoms with Crippen molar-refractivity contribution in [1.82, 2.24) is 19.1 Å². The van der Waals surface area contributed by atoms with Gasteiger partial charge in [0.05, 0.1) is 19.0 Å². The highest BCUT2D eigenvalue weighted by Gasteiger charge is 2.37. The molecule has 0 unspecified atom stereocenters. The Morgan fingerprint density at radius 1 is 1.26 bits per heavy atom. The van der Waals surface area contributed by atoms with Crippen LogP contribution >= 0.6 is 0 Å². The molecule has 3 rings (SSSR count). The first-order valence-corrected chi connectivity index (χ1v) is 10.4. The summed E-state index contributed by atoms with van der Waals surface area (Å²) in [6.45, 7) is 10.5. The summed E-state index contributed by atoms with van der Waals surface area (Å²) in [6, 6.07) is 1.34. The van der Waals surface area contributed by atoms with Gasteiger partial charge in [-0.2, -0.15) is 0 Å². The Morgan fingerprint density at radius 2 is 1.94 bits per heavy atom. The Balaban J connectivity index is 2.01. The maximum Gasteiger partial charge on any atom is 0.410 e. The van der Waals surface area contributed by atoms with E-state index in [1.54, 1.807) is 16.5 Å². The number of methoxy groups -OCH3 is 1. The van der Waals surface area contributed by atoms with Crippen molar-refractivity contribution in [2.45, 2.75) is 58.7 Å². The monoisotopic (exact) mass is 433 g/mol. The van der Waals surface area contributed by atoms with Crippen LogP contribution in [0.1, 0.15) is 51.5 Å². The Kier molecular flexibility index (Phi) is 6.02. The van der Waals surface area contributed by atoms with Crippen LogP contribution in [-0.4, -0.2) is 69.0 Å². The first-order valence-electron chi connectivity index (χ1n) is 10.4. The quantitative estimate of drug-likeness (QED) is 0.683. The summed E-state index contributed by atoms with van der Waals surface area (Å²) in [7, 11) is 2.90. The number of piperazine rings is 1. The van der Waals surface area contributed by atoms with Gasteiger partial charge in [-0.05, 0) is 34.1 Å². The molecule has 1 aliphatic rings. The average Bonchev–Trinajstić information content (AvgIpc) is 3.14. The number of aryl methyl sites for hydroxylation is 1. The molecular weight excluding hydrogens is 402 g/mol. The zero-order valence-corrected chi connectivity index (χ0v) is 19.2. The smallest absolute Gasteiger partial charge is 0.410 e. The number of esters is 1. The molecule has 0 spiro atoms. The first-order chi connectivity index (χ1) is 14.5. The standard InChI is InChI=1S/C21H31N5O5/c1-8-14-11-24(20(29)31-21(3,4)5)13(2)10-25(14)16-9-17(27)23(6)26-12-15(19(28)30-7)22-18(16)26/h9,12-14H,8,10-11H2,1-7H3/t13-,14+/m1/s1. The van der Waals surface area contributed by atoms with Crippen LogP contribution in [0.2, 0.25) is 0 Å². The molecule has 31 heavy (non-hydrogen) atoms. The van der Waals surface area contributed by atoms with E-state index in [1.165, 1.54) is 24.1 Å². The SMILES string of the molecule is CC[C@H]1CN(C(=O)OC(C)(C)C)[C@H](C)CN1c1cc(=O)n(C)n2cc(C(=O)OC)nc12. The number of amides is 1. The lowest BCUT2D eigenvalue weighted by Gasteiger charge is -2.46. The van der Waals surface area contributed by atoms with E-state index >= 15 is 0 Å². The van der Waals surface area contributed by atoms with Crippen LogP contribution in [-0.2, 0) is 16.5 Å². The van der Waals surface area contributed by atoms with Crippen molar-refractivity contribution in [2.24, 2.45) is 7.05 Å². The predicted octanol–water partition coefficient (Wildman–Crippen LogP) is 2.04. The summed E-state index contributed by atoms with van der Waals surface area (Å²) in [5, 5.41) is 0. The minimum Gasteiger partial charge on any atom is -0.464 e. The molecule has 1 fully saturated rings. The fourth-order valence-corrected chi connectivity index (χ4v) is 3.83. The lowest BCUT2D eigenvalue weighted by Crippen LogP contribution is -2.60. The molecule has 1 aliphatic heterocycles. The van der Waals surface area contributed by atoms with Crippen molar-refractivity contribution in [1.29, 1.82) is 0 Å². The van der Waals surface area contributed by atoms with Crippen LogP contribution in [0.25, 0.3) is 5.65 Å². The molecular formula is C21H31N5O5. The third-order valence-electron chi connectivity index (χ3n) is 5.46. The molecule has 0 aliphatic carbocycles. The number of fused-ring (bicyclic) bond motifs is 1. The number of hydrogen-bond donors (Lipinski definition) is 0. The van der Waals surface area contributed by atoms with Crippen molar-refractivity contribution in [2.75, 3.05) is 25.1 Å². The van der Waals surface area contributed by atoms with Gasteiger partial charge in [0.25, 0.3) is 5.56 Å². The van der Waals surface area contributed by atoms with Gasteiger partial charge in [0.15, 0.2) is 11.3 Å². The number of rotatable bonds is 3. The lowest BCUT2D eigenvalue weighted by molar-refractivity contribution is 0.0123. The maximum atomic E-state index is 12.7. The molecule has 10 heteroatoms. The van der Waals surface area contributed by atoms with Gasteiger partial charge in [-0.3, -0.25) is 4.79 Å². The van der Waals surface area contributed by atoms with Crippen molar-refractivity contribution in [3.63, 3.8) is 0 Å². The molecule has 0 aromatic carbocycles. The number of imidazole rings is 1. The molecule has 0 bridgehead atoms. The van der Waals surface area contributed by atoms with E-state index in [0.29, 0.717) is 24.4 Å². The van der Waals surface area contributed by atoms with Crippen LogP contribution in [0, 0.1) is 0 Å². The Labute approximate surface area is 181 Å². The Morgan fingerprint density at radius 3 is 2.52 bits per heavy atom. The molecule has 10 nitrogen and oxygen atoms in total. The van der Waals surface area contributed by atoms with E-state index in [-0.39, 0.29) is 29.4 Å². The summed E-state index contributed by atoms with van der Waals surface area (Å²) in [5.74, 6) is -0.572. The second-order valence-electron chi connectivity index (χ2n) is 8.87. The molecule has 1 saturated heterocycles. The summed E-state index contributed by atoms with van der Waals surface area (Å²) >= 11 is 0. The van der Waals surface area contributed by atoms with Crippen LogP contribution in [0.4, 0.5) is 10.5 Å². The second-order valence-corrected chi connectivity index (χ2v) is 8.87. The van der Waals surface area contributed by atoms with Gasteiger partial charge < -0.3 is 19.3 Å². The topological polar surface area (TPSA) is 98.4 Å². The van der Waals surface area contributed by atoms with Gasteiger partial charge in [-0.1, -0.05) is 6.92 Å². The highest BCUT2D eigenvalue weighted by Crippen LogP contribution is 2.28. The number of aromatic nitrogens is 3. The third-order valence-corrected chi connectivity index (χ3v) is 5.46. The predicted molar refractivity (Wildman–Crippen MR) is 116 cm³/mol. The zero-order valence-electron chi connectivity index (χ0n) is 19.2. The molecule has 0 saturated carbocycles. The molecule has 170 valence electrons. The molecule has 0 radical (unpaired) electrons. The molecule has 2 aromatic heterocycles. The van der Waals surface area contributed by atoms with E-state index in [1.807, 2.05) is 34.6 Å². The van der Waals surface area contributed by atoms with Gasteiger partial charge in [0.2, 0.25) is 0 Å². The van der Waals surface area contributed by atoms with Gasteiger partial charge in [0, 0.05) is 38.3 Å². The minimum absolute atomic E-state index is 0.0436. The summed E-state index contributed by atoms with van der Waals surface area (Å²) in [5.41, 5.74) is 0.430. The zero-order chi connectivity index (χ0) is 23.1. The van der Waals surface area contributed by atoms with Crippen LogP contribution in [0.5, 0.6) is 0 Å². The van der Waals surface area contributed by atoms with Crippen molar-refractivity contribution >= 4 is 23.4 Å². The van der Waals surface area contributed by atoms with E-state index in [2.05, 4.69) is 9.88 Å². The highest BCUT2D eigenvalue weighted by molar-refractivity contribution is 5.88. The Bertz CT molecular complexity index is 1050. The summed E-state index contributed by atoms with van der Waals surface area (Å²) in [6.07, 6.45) is 1.90. The van der Waals surface area contributed by atoms with Gasteiger partial charge in [-0.15, -0.1) is 0 Å². The fourth-order valence-electron chi connectivity index (χ4n) is 3.83. The van der Waals surface area contributed by atoms with E-state index in [0.717, 1.165) is 6.42 Å². The third kappa shape index (κ3) is 4.38. The molecule has 2 aromatic rings. The van der Waals surface area contributed by atoms with Crippen LogP contribution in [0.15, 0.2) is 17.1 Å². The molecule has 3 heterocycles. The summed E-state index contributed by atoms with van der Waals surface area (Å²) < 4.78 is 13.3. The first kappa shape index (κ1) is 22.6. The average molecular weight is 434 g/mol. The van der Waals surface area contributed by atoms with Crippen molar-refractivity contribution < 1.29 is 19.1 Å². The molecule has 2 atom stereocenters. The normalized spacial score (nSPS) is 19.6. The van der Waals surface area contributed by atoms with Gasteiger partial charge in [0.1, 0.15) is 5.60 Å². The summed E-state index contributed by atoms with van der Waals surface area (Å²) in [4.78, 5) is 45.6. The highest BCUT2D eigenvalue weighted by atomic mass is 16.6. The van der Waals surface area contributed by atoms with E-state index < -0.39 is 11.6 Å². The second kappa shape index (κ2) is 8.24. The largest absolute Gasteiger partial charge is 0.464 e. The van der Waals surface area contributed by atoms with Crippen molar-refractivity contribution in [3.05, 3.63) is 28.3 Å².